The molecule has 84 valence electrons. The molecule has 1 heterocycles. The van der Waals surface area contributed by atoms with Gasteiger partial charge in [0.15, 0.2) is 6.29 Å². The molecule has 0 aromatic carbocycles. The van der Waals surface area contributed by atoms with Crippen LogP contribution in [0.15, 0.2) is 0 Å². The predicted octanol–water partition coefficient (Wildman–Crippen LogP) is -0.902. The van der Waals surface area contributed by atoms with Crippen molar-refractivity contribution in [2.45, 2.75) is 37.9 Å². The molecule has 0 aromatic rings. The molecule has 0 aromatic heterocycles. The summed E-state index contributed by atoms with van der Waals surface area (Å²) in [6.07, 6.45) is -2.64. The molecule has 1 rings (SSSR count). The Morgan fingerprint density at radius 1 is 1.29 bits per heavy atom. The molecule has 0 bridgehead atoms. The molecular formula is C9H18O5. The lowest BCUT2D eigenvalue weighted by molar-refractivity contribution is -0.283. The average molecular weight is 206 g/mol. The highest BCUT2D eigenvalue weighted by Crippen LogP contribution is 2.28. The van der Waals surface area contributed by atoms with Gasteiger partial charge in [0.05, 0.1) is 18.8 Å². The van der Waals surface area contributed by atoms with E-state index in [4.69, 9.17) is 14.6 Å². The van der Waals surface area contributed by atoms with Gasteiger partial charge in [0.1, 0.15) is 6.10 Å². The summed E-state index contributed by atoms with van der Waals surface area (Å²) >= 11 is 0. The molecule has 5 nitrogen and oxygen atoms in total. The summed E-state index contributed by atoms with van der Waals surface area (Å²) in [4.78, 5) is 0. The Balaban J connectivity index is 2.71. The van der Waals surface area contributed by atoms with E-state index in [9.17, 15) is 10.2 Å². The fourth-order valence-corrected chi connectivity index (χ4v) is 1.87. The van der Waals surface area contributed by atoms with Gasteiger partial charge in [-0.1, -0.05) is 6.92 Å². The summed E-state index contributed by atoms with van der Waals surface area (Å²) < 4.78 is 10.1. The van der Waals surface area contributed by atoms with E-state index in [0.717, 1.165) is 0 Å². The first-order valence-corrected chi connectivity index (χ1v) is 4.80. The van der Waals surface area contributed by atoms with Crippen molar-refractivity contribution in [1.82, 2.24) is 0 Å². The van der Waals surface area contributed by atoms with Crippen LogP contribution in [0.1, 0.15) is 13.3 Å². The van der Waals surface area contributed by atoms with Crippen LogP contribution in [0.3, 0.4) is 0 Å². The molecular weight excluding hydrogens is 188 g/mol. The number of aliphatic hydroxyl groups is 3. The van der Waals surface area contributed by atoms with E-state index in [1.54, 1.807) is 0 Å². The van der Waals surface area contributed by atoms with E-state index < -0.39 is 24.6 Å². The van der Waals surface area contributed by atoms with Crippen molar-refractivity contribution < 1.29 is 24.8 Å². The quantitative estimate of drug-likeness (QED) is 0.557. The number of rotatable bonds is 3. The van der Waals surface area contributed by atoms with E-state index in [0.29, 0.717) is 6.42 Å². The molecule has 14 heavy (non-hydrogen) atoms. The van der Waals surface area contributed by atoms with Crippen molar-refractivity contribution >= 4 is 0 Å². The summed E-state index contributed by atoms with van der Waals surface area (Å²) in [6, 6.07) is 0. The van der Waals surface area contributed by atoms with Crippen LogP contribution in [0.5, 0.6) is 0 Å². The highest BCUT2D eigenvalue weighted by molar-refractivity contribution is 4.87. The Kier molecular flexibility index (Phi) is 4.28. The summed E-state index contributed by atoms with van der Waals surface area (Å²) in [5.74, 6) is -0.249. The topological polar surface area (TPSA) is 79.2 Å². The number of aliphatic hydroxyl groups excluding tert-OH is 3. The van der Waals surface area contributed by atoms with Crippen LogP contribution >= 0.6 is 0 Å². The molecule has 3 N–H and O–H groups in total. The highest BCUT2D eigenvalue weighted by atomic mass is 16.7. The molecule has 1 aliphatic rings. The van der Waals surface area contributed by atoms with E-state index in [1.807, 2.05) is 6.92 Å². The van der Waals surface area contributed by atoms with Gasteiger partial charge in [-0.25, -0.2) is 0 Å². The van der Waals surface area contributed by atoms with Crippen LogP contribution in [0.25, 0.3) is 0 Å². The summed E-state index contributed by atoms with van der Waals surface area (Å²) in [5, 5.41) is 28.3. The van der Waals surface area contributed by atoms with Crippen molar-refractivity contribution in [3.8, 4) is 0 Å². The Morgan fingerprint density at radius 3 is 2.36 bits per heavy atom. The van der Waals surface area contributed by atoms with E-state index in [1.165, 1.54) is 7.11 Å². The number of hydrogen-bond donors (Lipinski definition) is 3. The minimum atomic E-state index is -1.05. The summed E-state index contributed by atoms with van der Waals surface area (Å²) in [7, 11) is 1.39. The molecule has 0 amide bonds. The molecule has 1 saturated heterocycles. The standard InChI is InChI=1S/C9H18O5/c1-3-5-6(4-10)14-9(13-2)8(12)7(5)11/h5-12H,3-4H2,1-2H3/t5-,6?,7?,8?,9-/m1/s1. The Hall–Kier alpha value is -0.200. The van der Waals surface area contributed by atoms with Crippen molar-refractivity contribution in [3.63, 3.8) is 0 Å². The number of methoxy groups -OCH3 is 1. The lowest BCUT2D eigenvalue weighted by Crippen LogP contribution is -2.55. The van der Waals surface area contributed by atoms with Crippen molar-refractivity contribution in [1.29, 1.82) is 0 Å². The number of hydrogen-bond acceptors (Lipinski definition) is 5. The molecule has 1 fully saturated rings. The van der Waals surface area contributed by atoms with Crippen LogP contribution in [0.4, 0.5) is 0 Å². The molecule has 0 saturated carbocycles. The maximum Gasteiger partial charge on any atom is 0.186 e. The molecule has 0 spiro atoms. The Bertz CT molecular complexity index is 173. The highest BCUT2D eigenvalue weighted by Gasteiger charge is 2.43. The molecule has 5 heteroatoms. The maximum atomic E-state index is 9.72. The lowest BCUT2D eigenvalue weighted by atomic mass is 9.87. The van der Waals surface area contributed by atoms with Gasteiger partial charge in [-0.05, 0) is 6.42 Å². The third-order valence-corrected chi connectivity index (χ3v) is 2.74. The SMILES string of the molecule is CC[C@@H]1C(CO)O[C@@H](OC)C(O)C1O. The minimum absolute atomic E-state index is 0.178. The fourth-order valence-electron chi connectivity index (χ4n) is 1.87. The summed E-state index contributed by atoms with van der Waals surface area (Å²) in [5.41, 5.74) is 0. The lowest BCUT2D eigenvalue weighted by Gasteiger charge is -2.41. The predicted molar refractivity (Wildman–Crippen MR) is 48.6 cm³/mol. The van der Waals surface area contributed by atoms with Gasteiger partial charge in [-0.15, -0.1) is 0 Å². The van der Waals surface area contributed by atoms with Crippen LogP contribution in [0, 0.1) is 5.92 Å². The average Bonchev–Trinajstić information content (AvgIpc) is 2.21. The van der Waals surface area contributed by atoms with Gasteiger partial charge in [0, 0.05) is 13.0 Å². The maximum absolute atomic E-state index is 9.72. The van der Waals surface area contributed by atoms with Crippen LogP contribution in [0.2, 0.25) is 0 Å². The second-order valence-corrected chi connectivity index (χ2v) is 3.51. The van der Waals surface area contributed by atoms with Gasteiger partial charge in [0.2, 0.25) is 0 Å². The second kappa shape index (κ2) is 5.04. The van der Waals surface area contributed by atoms with Crippen LogP contribution < -0.4 is 0 Å². The zero-order valence-corrected chi connectivity index (χ0v) is 8.46. The van der Waals surface area contributed by atoms with Gasteiger partial charge < -0.3 is 24.8 Å². The first kappa shape index (κ1) is 11.9. The van der Waals surface area contributed by atoms with Gasteiger partial charge >= 0.3 is 0 Å². The van der Waals surface area contributed by atoms with Gasteiger partial charge in [0.25, 0.3) is 0 Å². The third kappa shape index (κ3) is 2.07. The Labute approximate surface area is 83.3 Å². The first-order chi connectivity index (χ1) is 6.65. The normalized spacial score (nSPS) is 43.9. The largest absolute Gasteiger partial charge is 0.394 e. The second-order valence-electron chi connectivity index (χ2n) is 3.51. The number of ether oxygens (including phenoxy) is 2. The minimum Gasteiger partial charge on any atom is -0.394 e. The molecule has 5 atom stereocenters. The van der Waals surface area contributed by atoms with Crippen LogP contribution in [-0.4, -0.2) is 53.6 Å². The van der Waals surface area contributed by atoms with Crippen molar-refractivity contribution in [2.75, 3.05) is 13.7 Å². The van der Waals surface area contributed by atoms with Gasteiger partial charge in [-0.3, -0.25) is 0 Å². The first-order valence-electron chi connectivity index (χ1n) is 4.80. The van der Waals surface area contributed by atoms with E-state index in [-0.39, 0.29) is 12.5 Å². The molecule has 3 unspecified atom stereocenters. The summed E-state index contributed by atoms with van der Waals surface area (Å²) in [6.45, 7) is 1.70. The monoisotopic (exact) mass is 206 g/mol. The third-order valence-electron chi connectivity index (χ3n) is 2.74. The Morgan fingerprint density at radius 2 is 1.93 bits per heavy atom. The van der Waals surface area contributed by atoms with E-state index in [2.05, 4.69) is 0 Å². The zero-order chi connectivity index (χ0) is 10.7. The fraction of sp³-hybridized carbons (Fsp3) is 1.00. The molecule has 1 aliphatic heterocycles. The van der Waals surface area contributed by atoms with Crippen molar-refractivity contribution in [3.05, 3.63) is 0 Å². The molecule has 0 aliphatic carbocycles. The van der Waals surface area contributed by atoms with Crippen molar-refractivity contribution in [2.24, 2.45) is 5.92 Å². The van der Waals surface area contributed by atoms with Gasteiger partial charge in [-0.2, -0.15) is 0 Å². The zero-order valence-electron chi connectivity index (χ0n) is 8.46. The van der Waals surface area contributed by atoms with Crippen LogP contribution in [-0.2, 0) is 9.47 Å². The smallest absolute Gasteiger partial charge is 0.186 e. The molecule has 0 radical (unpaired) electrons. The van der Waals surface area contributed by atoms with E-state index >= 15 is 0 Å².